The molecule has 1 unspecified atom stereocenters. The molecule has 7 nitrogen and oxygen atoms in total. The van der Waals surface area contributed by atoms with Crippen molar-refractivity contribution in [2.75, 3.05) is 12.4 Å². The van der Waals surface area contributed by atoms with E-state index >= 15 is 0 Å². The van der Waals surface area contributed by atoms with E-state index in [1.807, 2.05) is 13.8 Å². The van der Waals surface area contributed by atoms with E-state index in [0.29, 0.717) is 34.4 Å². The first-order chi connectivity index (χ1) is 14.3. The number of imide groups is 1. The molecular formula is C23H25N3O4. The Morgan fingerprint density at radius 2 is 1.57 bits per heavy atom. The molecule has 2 N–H and O–H groups in total. The van der Waals surface area contributed by atoms with Crippen molar-refractivity contribution in [3.8, 4) is 0 Å². The second-order valence-electron chi connectivity index (χ2n) is 7.72. The maximum atomic E-state index is 13.2. The van der Waals surface area contributed by atoms with E-state index in [2.05, 4.69) is 10.6 Å². The molecule has 0 saturated heterocycles. The lowest BCUT2D eigenvalue weighted by molar-refractivity contribution is -0.120. The summed E-state index contributed by atoms with van der Waals surface area (Å²) in [6.07, 6.45) is 0.325. The Hall–Kier alpha value is -3.48. The Morgan fingerprint density at radius 1 is 0.967 bits per heavy atom. The molecule has 0 fully saturated rings. The van der Waals surface area contributed by atoms with Gasteiger partial charge in [-0.15, -0.1) is 0 Å². The average Bonchev–Trinajstić information content (AvgIpc) is 2.97. The van der Waals surface area contributed by atoms with Crippen molar-refractivity contribution in [2.45, 2.75) is 33.2 Å². The minimum absolute atomic E-state index is 0.0726. The number of hydrogen-bond acceptors (Lipinski definition) is 4. The van der Waals surface area contributed by atoms with Gasteiger partial charge in [0, 0.05) is 18.3 Å². The molecule has 3 rings (SSSR count). The maximum Gasteiger partial charge on any atom is 0.262 e. The summed E-state index contributed by atoms with van der Waals surface area (Å²) in [5, 5.41) is 5.38. The molecule has 2 aromatic rings. The normalized spacial score (nSPS) is 14.0. The first-order valence-corrected chi connectivity index (χ1v) is 9.85. The fourth-order valence-electron chi connectivity index (χ4n) is 3.63. The second-order valence-corrected chi connectivity index (χ2v) is 7.72. The number of carbonyl (C=O) groups is 4. The van der Waals surface area contributed by atoms with Crippen LogP contribution in [-0.2, 0) is 4.79 Å². The third-order valence-electron chi connectivity index (χ3n) is 5.20. The van der Waals surface area contributed by atoms with E-state index in [-0.39, 0.29) is 11.8 Å². The van der Waals surface area contributed by atoms with Crippen LogP contribution >= 0.6 is 0 Å². The van der Waals surface area contributed by atoms with Gasteiger partial charge in [0.25, 0.3) is 17.7 Å². The van der Waals surface area contributed by atoms with Gasteiger partial charge in [0.15, 0.2) is 0 Å². The first kappa shape index (κ1) is 21.2. The van der Waals surface area contributed by atoms with E-state index in [1.165, 1.54) is 7.05 Å². The maximum absolute atomic E-state index is 13.2. The lowest BCUT2D eigenvalue weighted by Gasteiger charge is -2.27. The smallest absolute Gasteiger partial charge is 0.262 e. The molecular weight excluding hydrogens is 382 g/mol. The molecule has 4 amide bonds. The van der Waals surface area contributed by atoms with Gasteiger partial charge in [-0.2, -0.15) is 0 Å². The first-order valence-electron chi connectivity index (χ1n) is 9.85. The van der Waals surface area contributed by atoms with Crippen molar-refractivity contribution in [1.29, 1.82) is 0 Å². The molecule has 1 aliphatic rings. The van der Waals surface area contributed by atoms with Crippen LogP contribution in [0.25, 0.3) is 0 Å². The van der Waals surface area contributed by atoms with E-state index in [1.54, 1.807) is 49.4 Å². The lowest BCUT2D eigenvalue weighted by Crippen LogP contribution is -2.48. The topological polar surface area (TPSA) is 95.6 Å². The van der Waals surface area contributed by atoms with Gasteiger partial charge in [-0.05, 0) is 49.1 Å². The standard InChI is InChI=1S/C23H25N3O4/c1-13(2)12-19(26-22(29)16-8-5-6-9-17(16)23(26)30)21(28)25-18-11-7-10-15(14(18)3)20(27)24-4/h5-11,13,19H,12H2,1-4H3,(H,24,27)(H,25,28). The molecule has 2 aromatic carbocycles. The molecule has 0 saturated carbocycles. The summed E-state index contributed by atoms with van der Waals surface area (Å²) in [5.41, 5.74) is 2.13. The number of benzene rings is 2. The molecule has 1 atom stereocenters. The summed E-state index contributed by atoms with van der Waals surface area (Å²) >= 11 is 0. The van der Waals surface area contributed by atoms with Gasteiger partial charge in [0.05, 0.1) is 11.1 Å². The molecule has 0 aliphatic carbocycles. The van der Waals surface area contributed by atoms with Gasteiger partial charge in [-0.25, -0.2) is 0 Å². The third-order valence-corrected chi connectivity index (χ3v) is 5.20. The minimum Gasteiger partial charge on any atom is -0.355 e. The summed E-state index contributed by atoms with van der Waals surface area (Å²) in [4.78, 5) is 52.1. The van der Waals surface area contributed by atoms with Crippen LogP contribution in [0.2, 0.25) is 0 Å². The molecule has 156 valence electrons. The number of anilines is 1. The summed E-state index contributed by atoms with van der Waals surface area (Å²) in [5.74, 6) is -1.58. The van der Waals surface area contributed by atoms with Crippen LogP contribution in [0.1, 0.15) is 56.9 Å². The van der Waals surface area contributed by atoms with Crippen LogP contribution in [-0.4, -0.2) is 41.6 Å². The molecule has 0 bridgehead atoms. The Morgan fingerprint density at radius 3 is 2.10 bits per heavy atom. The Labute approximate surface area is 175 Å². The Kier molecular flexibility index (Phi) is 6.01. The summed E-state index contributed by atoms with van der Waals surface area (Å²) in [6.45, 7) is 5.59. The highest BCUT2D eigenvalue weighted by atomic mass is 16.2. The second kappa shape index (κ2) is 8.49. The molecule has 0 radical (unpaired) electrons. The van der Waals surface area contributed by atoms with Gasteiger partial charge in [-0.3, -0.25) is 24.1 Å². The zero-order chi connectivity index (χ0) is 22.0. The molecule has 1 aliphatic heterocycles. The number of hydrogen-bond donors (Lipinski definition) is 2. The number of carbonyl (C=O) groups excluding carboxylic acids is 4. The van der Waals surface area contributed by atoms with Crippen molar-refractivity contribution in [3.05, 3.63) is 64.7 Å². The molecule has 0 aromatic heterocycles. The zero-order valence-electron chi connectivity index (χ0n) is 17.5. The minimum atomic E-state index is -0.958. The van der Waals surface area contributed by atoms with Crippen LogP contribution in [0.15, 0.2) is 42.5 Å². The van der Waals surface area contributed by atoms with E-state index in [0.717, 1.165) is 4.90 Å². The van der Waals surface area contributed by atoms with E-state index in [4.69, 9.17) is 0 Å². The summed E-state index contributed by atoms with van der Waals surface area (Å²) in [7, 11) is 1.54. The fraction of sp³-hybridized carbons (Fsp3) is 0.304. The van der Waals surface area contributed by atoms with E-state index in [9.17, 15) is 19.2 Å². The highest BCUT2D eigenvalue weighted by Gasteiger charge is 2.42. The van der Waals surface area contributed by atoms with Crippen LogP contribution in [0, 0.1) is 12.8 Å². The number of nitrogens with zero attached hydrogens (tertiary/aromatic N) is 1. The van der Waals surface area contributed by atoms with Gasteiger partial charge in [0.2, 0.25) is 5.91 Å². The molecule has 0 spiro atoms. The van der Waals surface area contributed by atoms with Crippen molar-refractivity contribution in [3.63, 3.8) is 0 Å². The van der Waals surface area contributed by atoms with Gasteiger partial charge in [0.1, 0.15) is 6.04 Å². The van der Waals surface area contributed by atoms with Crippen LogP contribution in [0.4, 0.5) is 5.69 Å². The number of rotatable bonds is 6. The zero-order valence-corrected chi connectivity index (χ0v) is 17.5. The lowest BCUT2D eigenvalue weighted by atomic mass is 10.0. The van der Waals surface area contributed by atoms with Gasteiger partial charge >= 0.3 is 0 Å². The van der Waals surface area contributed by atoms with Crippen LogP contribution < -0.4 is 10.6 Å². The predicted molar refractivity (Wildman–Crippen MR) is 113 cm³/mol. The third kappa shape index (κ3) is 3.83. The van der Waals surface area contributed by atoms with Gasteiger partial charge in [-0.1, -0.05) is 32.0 Å². The SMILES string of the molecule is CNC(=O)c1cccc(NC(=O)C(CC(C)C)N2C(=O)c3ccccc3C2=O)c1C. The number of fused-ring (bicyclic) bond motifs is 1. The van der Waals surface area contributed by atoms with Crippen molar-refractivity contribution in [2.24, 2.45) is 5.92 Å². The largest absolute Gasteiger partial charge is 0.355 e. The summed E-state index contributed by atoms with van der Waals surface area (Å²) < 4.78 is 0. The molecule has 1 heterocycles. The number of amides is 4. The highest BCUT2D eigenvalue weighted by molar-refractivity contribution is 6.23. The quantitative estimate of drug-likeness (QED) is 0.720. The monoisotopic (exact) mass is 407 g/mol. The van der Waals surface area contributed by atoms with Crippen molar-refractivity contribution in [1.82, 2.24) is 10.2 Å². The predicted octanol–water partition coefficient (Wildman–Crippen LogP) is 3.00. The van der Waals surface area contributed by atoms with Crippen LogP contribution in [0.5, 0.6) is 0 Å². The average molecular weight is 407 g/mol. The highest BCUT2D eigenvalue weighted by Crippen LogP contribution is 2.28. The number of nitrogens with one attached hydrogen (secondary N) is 2. The Bertz CT molecular complexity index is 994. The summed E-state index contributed by atoms with van der Waals surface area (Å²) in [6, 6.07) is 10.6. The van der Waals surface area contributed by atoms with Crippen LogP contribution in [0.3, 0.4) is 0 Å². The molecule has 30 heavy (non-hydrogen) atoms. The van der Waals surface area contributed by atoms with E-state index < -0.39 is 23.8 Å². The Balaban J connectivity index is 1.93. The van der Waals surface area contributed by atoms with Crippen molar-refractivity contribution >= 4 is 29.3 Å². The molecule has 7 heteroatoms. The van der Waals surface area contributed by atoms with Gasteiger partial charge < -0.3 is 10.6 Å². The van der Waals surface area contributed by atoms with Crippen molar-refractivity contribution < 1.29 is 19.2 Å². The fourth-order valence-corrected chi connectivity index (χ4v) is 3.63.